The first-order valence-electron chi connectivity index (χ1n) is 16.2. The van der Waals surface area contributed by atoms with E-state index in [2.05, 4.69) is 61.3 Å². The van der Waals surface area contributed by atoms with Crippen LogP contribution in [-0.2, 0) is 16.6 Å². The number of piperidine rings is 1. The van der Waals surface area contributed by atoms with Gasteiger partial charge in [-0.05, 0) is 112 Å². The van der Waals surface area contributed by atoms with Gasteiger partial charge < -0.3 is 15.0 Å². The second kappa shape index (κ2) is 15.7. The largest absolute Gasteiger partial charge is 0.454 e. The number of anilines is 1. The van der Waals surface area contributed by atoms with Gasteiger partial charge in [0.1, 0.15) is 18.1 Å². The average molecular weight is 695 g/mol. The second-order valence-electron chi connectivity index (χ2n) is 12.3. The standard InChI is InChI=1S/C36H38N8O3S2/c1-25(2)44-16-11-26(12-17-44)8-13-39-22-27-4-3-5-29(18-27)33-20-32(28-9-14-38-15-10-28)35(23-40-33)47-34-7-6-31(19-30(34)21-37)49(45,46)43-36-41-24-42-48-36/h3-7,9-10,14-15,18-20,23-26,39H,8,11-13,16-17,22H2,1-2H3,(H,41,42,43). The summed E-state index contributed by atoms with van der Waals surface area (Å²) < 4.78 is 38.2. The van der Waals surface area contributed by atoms with Gasteiger partial charge in [-0.2, -0.15) is 9.64 Å². The predicted octanol–water partition coefficient (Wildman–Crippen LogP) is 6.73. The maximum Gasteiger partial charge on any atom is 0.263 e. The summed E-state index contributed by atoms with van der Waals surface area (Å²) in [5.41, 5.74) is 4.56. The van der Waals surface area contributed by atoms with Crippen molar-refractivity contribution in [3.8, 4) is 40.0 Å². The molecule has 0 radical (unpaired) electrons. The SMILES string of the molecule is CC(C)N1CCC(CCNCc2cccc(-c3cc(-c4ccncc4)c(Oc4ccc(S(=O)(=O)Nc5ncns5)cc4C#N)cn3)c2)CC1. The Hall–Kier alpha value is -4.74. The molecule has 1 aliphatic rings. The molecular weight excluding hydrogens is 657 g/mol. The number of nitrogens with zero attached hydrogens (tertiary/aromatic N) is 6. The third kappa shape index (κ3) is 8.65. The van der Waals surface area contributed by atoms with Crippen molar-refractivity contribution in [2.24, 2.45) is 5.92 Å². The van der Waals surface area contributed by atoms with Gasteiger partial charge in [0.25, 0.3) is 10.0 Å². The molecule has 0 amide bonds. The zero-order valence-electron chi connectivity index (χ0n) is 27.4. The minimum Gasteiger partial charge on any atom is -0.454 e. The molecule has 3 aromatic heterocycles. The zero-order valence-corrected chi connectivity index (χ0v) is 29.0. The third-order valence-corrected chi connectivity index (χ3v) is 10.7. The predicted molar refractivity (Wildman–Crippen MR) is 191 cm³/mol. The molecule has 2 aromatic carbocycles. The summed E-state index contributed by atoms with van der Waals surface area (Å²) in [6.45, 7) is 8.72. The Balaban J connectivity index is 1.18. The quantitative estimate of drug-likeness (QED) is 0.127. The molecule has 0 unspecified atom stereocenters. The van der Waals surface area contributed by atoms with E-state index in [1.54, 1.807) is 18.6 Å². The molecule has 13 heteroatoms. The summed E-state index contributed by atoms with van der Waals surface area (Å²) in [4.78, 5) is 15.2. The van der Waals surface area contributed by atoms with Crippen LogP contribution >= 0.6 is 11.5 Å². The van der Waals surface area contributed by atoms with Gasteiger partial charge in [-0.1, -0.05) is 18.2 Å². The van der Waals surface area contributed by atoms with E-state index in [0.29, 0.717) is 11.8 Å². The molecule has 5 aromatic rings. The molecule has 0 aliphatic carbocycles. The highest BCUT2D eigenvalue weighted by atomic mass is 32.2. The average Bonchev–Trinajstić information content (AvgIpc) is 3.63. The van der Waals surface area contributed by atoms with Crippen molar-refractivity contribution in [2.75, 3.05) is 24.4 Å². The number of aromatic nitrogens is 4. The molecule has 2 N–H and O–H groups in total. The number of hydrogen-bond donors (Lipinski definition) is 2. The van der Waals surface area contributed by atoms with Crippen molar-refractivity contribution in [2.45, 2.75) is 50.6 Å². The number of sulfonamides is 1. The number of nitriles is 1. The molecule has 0 spiro atoms. The fourth-order valence-electron chi connectivity index (χ4n) is 5.94. The maximum atomic E-state index is 12.9. The Bertz CT molecular complexity index is 2010. The van der Waals surface area contributed by atoms with Crippen molar-refractivity contribution < 1.29 is 13.2 Å². The molecule has 6 rings (SSSR count). The van der Waals surface area contributed by atoms with Gasteiger partial charge in [0, 0.05) is 47.6 Å². The summed E-state index contributed by atoms with van der Waals surface area (Å²) in [5, 5.41) is 13.7. The lowest BCUT2D eigenvalue weighted by molar-refractivity contribution is 0.145. The van der Waals surface area contributed by atoms with Crippen molar-refractivity contribution in [3.63, 3.8) is 0 Å². The van der Waals surface area contributed by atoms with Crippen LogP contribution in [0.3, 0.4) is 0 Å². The third-order valence-electron chi connectivity index (χ3n) is 8.70. The Morgan fingerprint density at radius 3 is 2.57 bits per heavy atom. The lowest BCUT2D eigenvalue weighted by Gasteiger charge is -2.34. The Kier molecular flexibility index (Phi) is 10.9. The van der Waals surface area contributed by atoms with Gasteiger partial charge in [-0.25, -0.2) is 13.4 Å². The van der Waals surface area contributed by atoms with Crippen molar-refractivity contribution in [3.05, 3.63) is 96.7 Å². The first-order valence-corrected chi connectivity index (χ1v) is 18.5. The van der Waals surface area contributed by atoms with Crippen LogP contribution in [0, 0.1) is 17.2 Å². The van der Waals surface area contributed by atoms with Gasteiger partial charge in [-0.15, -0.1) is 0 Å². The van der Waals surface area contributed by atoms with E-state index in [4.69, 9.17) is 9.72 Å². The van der Waals surface area contributed by atoms with E-state index in [-0.39, 0.29) is 21.3 Å². The van der Waals surface area contributed by atoms with E-state index in [1.807, 2.05) is 30.3 Å². The molecule has 0 bridgehead atoms. The van der Waals surface area contributed by atoms with Crippen LogP contribution in [-0.4, -0.2) is 58.3 Å². The highest BCUT2D eigenvalue weighted by Crippen LogP contribution is 2.37. The van der Waals surface area contributed by atoms with Gasteiger partial charge in [-0.3, -0.25) is 14.7 Å². The van der Waals surface area contributed by atoms with Crippen molar-refractivity contribution >= 4 is 26.7 Å². The lowest BCUT2D eigenvalue weighted by Crippen LogP contribution is -2.38. The van der Waals surface area contributed by atoms with E-state index in [9.17, 15) is 13.7 Å². The molecule has 11 nitrogen and oxygen atoms in total. The summed E-state index contributed by atoms with van der Waals surface area (Å²) in [7, 11) is -3.99. The maximum absolute atomic E-state index is 12.9. The second-order valence-corrected chi connectivity index (χ2v) is 14.7. The van der Waals surface area contributed by atoms with Gasteiger partial charge >= 0.3 is 0 Å². The molecule has 0 saturated carbocycles. The minimum atomic E-state index is -3.99. The van der Waals surface area contributed by atoms with Crippen LogP contribution in [0.4, 0.5) is 5.13 Å². The zero-order chi connectivity index (χ0) is 34.2. The van der Waals surface area contributed by atoms with E-state index in [0.717, 1.165) is 52.9 Å². The van der Waals surface area contributed by atoms with Crippen LogP contribution in [0.1, 0.15) is 44.2 Å². The van der Waals surface area contributed by atoms with Crippen LogP contribution in [0.2, 0.25) is 0 Å². The first kappa shape index (κ1) is 34.1. The molecule has 1 saturated heterocycles. The summed E-state index contributed by atoms with van der Waals surface area (Å²) in [6.07, 6.45) is 10.0. The molecule has 1 aliphatic heterocycles. The molecule has 4 heterocycles. The summed E-state index contributed by atoms with van der Waals surface area (Å²) >= 11 is 0.912. The number of pyridine rings is 2. The number of hydrogen-bond acceptors (Lipinski definition) is 11. The lowest BCUT2D eigenvalue weighted by atomic mass is 9.93. The monoisotopic (exact) mass is 694 g/mol. The number of likely N-dealkylation sites (tertiary alicyclic amines) is 1. The molecule has 252 valence electrons. The Labute approximate surface area is 291 Å². The highest BCUT2D eigenvalue weighted by Gasteiger charge is 2.21. The topological polar surface area (TPSA) is 146 Å². The fraction of sp³-hybridized carbons (Fsp3) is 0.306. The van der Waals surface area contributed by atoms with Crippen LogP contribution in [0.5, 0.6) is 11.5 Å². The fourth-order valence-corrected chi connectivity index (χ4v) is 7.63. The van der Waals surface area contributed by atoms with Gasteiger partial charge in [0.2, 0.25) is 5.13 Å². The normalized spacial score (nSPS) is 14.1. The van der Waals surface area contributed by atoms with E-state index in [1.165, 1.54) is 62.4 Å². The van der Waals surface area contributed by atoms with Gasteiger partial charge in [0.05, 0.1) is 22.3 Å². The van der Waals surface area contributed by atoms with Crippen molar-refractivity contribution in [1.82, 2.24) is 29.5 Å². The van der Waals surface area contributed by atoms with E-state index < -0.39 is 10.0 Å². The molecular formula is C36H38N8O3S2. The van der Waals surface area contributed by atoms with Crippen LogP contribution < -0.4 is 14.8 Å². The number of nitrogens with one attached hydrogen (secondary N) is 2. The Morgan fingerprint density at radius 2 is 1.84 bits per heavy atom. The minimum absolute atomic E-state index is 0.0473. The Morgan fingerprint density at radius 1 is 1.02 bits per heavy atom. The van der Waals surface area contributed by atoms with Crippen LogP contribution in [0.15, 0.2) is 90.5 Å². The number of rotatable bonds is 13. The number of benzene rings is 2. The molecule has 49 heavy (non-hydrogen) atoms. The first-order chi connectivity index (χ1) is 23.8. The smallest absolute Gasteiger partial charge is 0.263 e. The summed E-state index contributed by atoms with van der Waals surface area (Å²) in [6, 6.07) is 20.8. The van der Waals surface area contributed by atoms with Crippen LogP contribution in [0.25, 0.3) is 22.4 Å². The number of ether oxygens (including phenoxy) is 1. The van der Waals surface area contributed by atoms with E-state index >= 15 is 0 Å². The van der Waals surface area contributed by atoms with Crippen molar-refractivity contribution in [1.29, 1.82) is 5.26 Å². The van der Waals surface area contributed by atoms with Gasteiger partial charge in [0.15, 0.2) is 5.75 Å². The molecule has 1 fully saturated rings. The highest BCUT2D eigenvalue weighted by molar-refractivity contribution is 7.93. The molecule has 0 atom stereocenters. The summed E-state index contributed by atoms with van der Waals surface area (Å²) in [5.74, 6) is 1.39.